The number of unbranched alkanes of at least 4 members (excludes halogenated alkanes) is 2. The Labute approximate surface area is 111 Å². The number of carbonyl (C=O) groups is 1. The predicted octanol–water partition coefficient (Wildman–Crippen LogP) is 0.671. The molecule has 0 aliphatic rings. The van der Waals surface area contributed by atoms with Gasteiger partial charge in [0.2, 0.25) is 0 Å². The van der Waals surface area contributed by atoms with Gasteiger partial charge in [-0.3, -0.25) is 14.4 Å². The van der Waals surface area contributed by atoms with E-state index >= 15 is 0 Å². The molecule has 0 spiro atoms. The smallest absolute Gasteiger partial charge is 0.316 e. The molecule has 0 aliphatic carbocycles. The van der Waals surface area contributed by atoms with Crippen LogP contribution in [0, 0.1) is 0 Å². The fourth-order valence-corrected chi connectivity index (χ4v) is 1.73. The molecule has 106 valence electrons. The van der Waals surface area contributed by atoms with Gasteiger partial charge < -0.3 is 13.9 Å². The minimum Gasteiger partial charge on any atom is -0.466 e. The number of aromatic nitrogens is 2. The summed E-state index contributed by atoms with van der Waals surface area (Å²) in [7, 11) is 1.55. The van der Waals surface area contributed by atoms with Gasteiger partial charge in [0, 0.05) is 32.4 Å². The Morgan fingerprint density at radius 2 is 1.89 bits per heavy atom. The Balaban J connectivity index is 2.35. The summed E-state index contributed by atoms with van der Waals surface area (Å²) in [5.74, 6) is -0.187. The summed E-state index contributed by atoms with van der Waals surface area (Å²) in [4.78, 5) is 34.1. The van der Waals surface area contributed by atoms with Crippen molar-refractivity contribution in [3.63, 3.8) is 0 Å². The molecule has 0 aromatic carbocycles. The highest BCUT2D eigenvalue weighted by atomic mass is 16.5. The normalized spacial score (nSPS) is 10.4. The van der Waals surface area contributed by atoms with Gasteiger partial charge in [-0.25, -0.2) is 0 Å². The first-order chi connectivity index (χ1) is 9.06. The highest BCUT2D eigenvalue weighted by Crippen LogP contribution is 2.02. The van der Waals surface area contributed by atoms with Crippen molar-refractivity contribution in [3.05, 3.63) is 33.1 Å². The van der Waals surface area contributed by atoms with Crippen LogP contribution >= 0.6 is 0 Å². The van der Waals surface area contributed by atoms with Crippen molar-refractivity contribution < 1.29 is 9.53 Å². The van der Waals surface area contributed by atoms with Crippen LogP contribution < -0.4 is 11.1 Å². The number of ether oxygens (including phenoxy) is 1. The molecular weight excluding hydrogens is 248 g/mol. The van der Waals surface area contributed by atoms with Gasteiger partial charge in [-0.2, -0.15) is 0 Å². The zero-order valence-electron chi connectivity index (χ0n) is 11.4. The quantitative estimate of drug-likeness (QED) is 0.414. The van der Waals surface area contributed by atoms with Crippen LogP contribution in [-0.4, -0.2) is 21.7 Å². The lowest BCUT2D eigenvalue weighted by Crippen LogP contribution is -2.39. The van der Waals surface area contributed by atoms with Crippen molar-refractivity contribution in [2.24, 2.45) is 7.05 Å². The van der Waals surface area contributed by atoms with E-state index in [-0.39, 0.29) is 5.97 Å². The van der Waals surface area contributed by atoms with Crippen LogP contribution in [0.3, 0.4) is 0 Å². The van der Waals surface area contributed by atoms with Gasteiger partial charge >= 0.3 is 17.1 Å². The predicted molar refractivity (Wildman–Crippen MR) is 71.0 cm³/mol. The third kappa shape index (κ3) is 4.73. The number of esters is 1. The summed E-state index contributed by atoms with van der Waals surface area (Å²) < 4.78 is 7.49. The SMILES string of the molecule is CCOC(=O)CCCCCn1ccn(C)c(=O)c1=O. The third-order valence-corrected chi connectivity index (χ3v) is 2.82. The Morgan fingerprint density at radius 1 is 1.16 bits per heavy atom. The molecule has 6 heteroatoms. The first-order valence-electron chi connectivity index (χ1n) is 6.48. The van der Waals surface area contributed by atoms with Crippen LogP contribution in [0.25, 0.3) is 0 Å². The number of rotatable bonds is 7. The molecule has 0 fully saturated rings. The van der Waals surface area contributed by atoms with E-state index in [2.05, 4.69) is 0 Å². The largest absolute Gasteiger partial charge is 0.466 e. The van der Waals surface area contributed by atoms with Crippen LogP contribution in [0.2, 0.25) is 0 Å². The van der Waals surface area contributed by atoms with Crippen LogP contribution in [0.4, 0.5) is 0 Å². The van der Waals surface area contributed by atoms with E-state index in [1.807, 2.05) is 0 Å². The highest BCUT2D eigenvalue weighted by molar-refractivity contribution is 5.69. The van der Waals surface area contributed by atoms with Crippen molar-refractivity contribution in [3.8, 4) is 0 Å². The molecule has 1 heterocycles. The summed E-state index contributed by atoms with van der Waals surface area (Å²) in [6.45, 7) is 2.68. The average Bonchev–Trinajstić information content (AvgIpc) is 2.38. The van der Waals surface area contributed by atoms with Gasteiger partial charge in [-0.05, 0) is 19.8 Å². The average molecular weight is 268 g/mol. The molecule has 1 aromatic rings. The molecule has 1 aromatic heterocycles. The minimum atomic E-state index is -0.519. The van der Waals surface area contributed by atoms with Gasteiger partial charge in [0.15, 0.2) is 0 Å². The number of hydrogen-bond donors (Lipinski definition) is 0. The van der Waals surface area contributed by atoms with Crippen molar-refractivity contribution in [1.82, 2.24) is 9.13 Å². The van der Waals surface area contributed by atoms with Crippen LogP contribution in [0.5, 0.6) is 0 Å². The van der Waals surface area contributed by atoms with Gasteiger partial charge in [-0.1, -0.05) is 6.42 Å². The molecule has 6 nitrogen and oxygen atoms in total. The molecular formula is C13H20N2O4. The molecule has 0 atom stereocenters. The summed E-state index contributed by atoms with van der Waals surface area (Å²) in [5.41, 5.74) is -1.02. The maximum Gasteiger partial charge on any atom is 0.316 e. The second-order valence-electron chi connectivity index (χ2n) is 4.33. The second kappa shape index (κ2) is 7.56. The van der Waals surface area contributed by atoms with Crippen LogP contribution in [0.1, 0.15) is 32.6 Å². The van der Waals surface area contributed by atoms with Crippen molar-refractivity contribution in [2.45, 2.75) is 39.2 Å². The van der Waals surface area contributed by atoms with E-state index in [0.717, 1.165) is 19.3 Å². The maximum absolute atomic E-state index is 11.6. The molecule has 0 bridgehead atoms. The number of nitrogens with zero attached hydrogens (tertiary/aromatic N) is 2. The molecule has 0 saturated carbocycles. The lowest BCUT2D eigenvalue weighted by molar-refractivity contribution is -0.143. The van der Waals surface area contributed by atoms with E-state index < -0.39 is 11.1 Å². The van der Waals surface area contributed by atoms with Crippen LogP contribution in [0.15, 0.2) is 22.0 Å². The molecule has 0 amide bonds. The Morgan fingerprint density at radius 3 is 2.58 bits per heavy atom. The number of carbonyl (C=O) groups excluding carboxylic acids is 1. The van der Waals surface area contributed by atoms with Crippen molar-refractivity contribution in [1.29, 1.82) is 0 Å². The summed E-state index contributed by atoms with van der Waals surface area (Å²) >= 11 is 0. The van der Waals surface area contributed by atoms with Crippen LogP contribution in [-0.2, 0) is 23.1 Å². The number of hydrogen-bond acceptors (Lipinski definition) is 4. The standard InChI is InChI=1S/C13H20N2O4/c1-3-19-11(16)7-5-4-6-8-15-10-9-14(2)12(17)13(15)18/h9-10H,3-8H2,1-2H3. The van der Waals surface area contributed by atoms with E-state index in [0.29, 0.717) is 19.6 Å². The van der Waals surface area contributed by atoms with E-state index in [1.165, 1.54) is 9.13 Å². The van der Waals surface area contributed by atoms with Crippen molar-refractivity contribution in [2.75, 3.05) is 6.61 Å². The lowest BCUT2D eigenvalue weighted by atomic mass is 10.2. The fraction of sp³-hybridized carbons (Fsp3) is 0.615. The fourth-order valence-electron chi connectivity index (χ4n) is 1.73. The van der Waals surface area contributed by atoms with Crippen molar-refractivity contribution >= 4 is 5.97 Å². The minimum absolute atomic E-state index is 0.187. The number of aryl methyl sites for hydroxylation is 2. The first-order valence-corrected chi connectivity index (χ1v) is 6.48. The maximum atomic E-state index is 11.6. The zero-order valence-corrected chi connectivity index (χ0v) is 11.4. The molecule has 1 rings (SSSR count). The van der Waals surface area contributed by atoms with E-state index in [4.69, 9.17) is 4.74 Å². The molecule has 19 heavy (non-hydrogen) atoms. The van der Waals surface area contributed by atoms with Gasteiger partial charge in [-0.15, -0.1) is 0 Å². The molecule has 0 N–H and O–H groups in total. The molecule has 0 saturated heterocycles. The third-order valence-electron chi connectivity index (χ3n) is 2.82. The Bertz CT molecular complexity index is 530. The van der Waals surface area contributed by atoms with Gasteiger partial charge in [0.1, 0.15) is 0 Å². The van der Waals surface area contributed by atoms with E-state index in [9.17, 15) is 14.4 Å². The summed E-state index contributed by atoms with van der Waals surface area (Å²) in [6.07, 6.45) is 5.89. The summed E-state index contributed by atoms with van der Waals surface area (Å²) in [5, 5.41) is 0. The molecule has 0 radical (unpaired) electrons. The van der Waals surface area contributed by atoms with Gasteiger partial charge in [0.25, 0.3) is 0 Å². The topological polar surface area (TPSA) is 70.3 Å². The molecule has 0 aliphatic heterocycles. The second-order valence-corrected chi connectivity index (χ2v) is 4.33. The first kappa shape index (κ1) is 15.2. The zero-order chi connectivity index (χ0) is 14.3. The Hall–Kier alpha value is -1.85. The lowest BCUT2D eigenvalue weighted by Gasteiger charge is -2.06. The van der Waals surface area contributed by atoms with Gasteiger partial charge in [0.05, 0.1) is 6.61 Å². The Kier molecular flexibility index (Phi) is 6.05. The monoisotopic (exact) mass is 268 g/mol. The summed E-state index contributed by atoms with van der Waals surface area (Å²) in [6, 6.07) is 0. The molecule has 0 unspecified atom stereocenters. The highest BCUT2D eigenvalue weighted by Gasteiger charge is 2.03. The van der Waals surface area contributed by atoms with E-state index in [1.54, 1.807) is 26.4 Å².